The van der Waals surface area contributed by atoms with Crippen molar-refractivity contribution in [2.24, 2.45) is 11.7 Å². The van der Waals surface area contributed by atoms with Crippen LogP contribution in [0.4, 0.5) is 0 Å². The number of aliphatic hydroxyl groups excluding tert-OH is 1. The summed E-state index contributed by atoms with van der Waals surface area (Å²) in [6.07, 6.45) is 4.06. The molecule has 1 aliphatic rings. The van der Waals surface area contributed by atoms with Crippen LogP contribution < -0.4 is 5.73 Å². The number of thiocarbonyl (C=S) groups is 1. The molecule has 1 saturated heterocycles. The van der Waals surface area contributed by atoms with Crippen LogP contribution in [-0.2, 0) is 0 Å². The Balaban J connectivity index is 2.39. The minimum atomic E-state index is 0.310. The van der Waals surface area contributed by atoms with Crippen molar-refractivity contribution in [3.63, 3.8) is 0 Å². The zero-order chi connectivity index (χ0) is 11.3. The van der Waals surface area contributed by atoms with E-state index in [-0.39, 0.29) is 0 Å². The van der Waals surface area contributed by atoms with E-state index in [9.17, 15) is 0 Å². The summed E-state index contributed by atoms with van der Waals surface area (Å²) < 4.78 is 0. The zero-order valence-electron chi connectivity index (χ0n) is 9.48. The van der Waals surface area contributed by atoms with Gasteiger partial charge < -0.3 is 10.8 Å². The van der Waals surface area contributed by atoms with Crippen molar-refractivity contribution in [3.05, 3.63) is 0 Å². The normalized spacial score (nSPS) is 24.3. The van der Waals surface area contributed by atoms with Gasteiger partial charge >= 0.3 is 0 Å². The van der Waals surface area contributed by atoms with E-state index in [0.29, 0.717) is 23.6 Å². The molecule has 4 heteroatoms. The molecule has 0 saturated carbocycles. The van der Waals surface area contributed by atoms with Crippen LogP contribution in [0.15, 0.2) is 0 Å². The van der Waals surface area contributed by atoms with E-state index in [1.807, 2.05) is 0 Å². The molecule has 3 N–H and O–H groups in total. The van der Waals surface area contributed by atoms with Crippen LogP contribution in [0.25, 0.3) is 0 Å². The van der Waals surface area contributed by atoms with Crippen molar-refractivity contribution >= 4 is 17.2 Å². The standard InChI is InChI=1S/C11H22N2OS/c1-2-10(7-11(12)15)13-5-3-9(8-13)4-6-14/h9-10,14H,2-8H2,1H3,(H2,12,15). The highest BCUT2D eigenvalue weighted by Gasteiger charge is 2.27. The predicted octanol–water partition coefficient (Wildman–Crippen LogP) is 1.15. The first kappa shape index (κ1) is 12.9. The minimum absolute atomic E-state index is 0.310. The van der Waals surface area contributed by atoms with Crippen molar-refractivity contribution in [1.29, 1.82) is 0 Å². The van der Waals surface area contributed by atoms with E-state index < -0.39 is 0 Å². The van der Waals surface area contributed by atoms with Gasteiger partial charge in [-0.05, 0) is 31.7 Å². The number of hydrogen-bond acceptors (Lipinski definition) is 3. The van der Waals surface area contributed by atoms with Gasteiger partial charge in [0.2, 0.25) is 0 Å². The molecule has 0 aromatic heterocycles. The molecule has 0 spiro atoms. The Labute approximate surface area is 97.6 Å². The first-order chi connectivity index (χ1) is 7.17. The maximum Gasteiger partial charge on any atom is 0.0743 e. The topological polar surface area (TPSA) is 49.5 Å². The van der Waals surface area contributed by atoms with Crippen LogP contribution in [-0.4, -0.2) is 40.7 Å². The largest absolute Gasteiger partial charge is 0.396 e. The molecular weight excluding hydrogens is 208 g/mol. The average Bonchev–Trinajstić information content (AvgIpc) is 2.63. The van der Waals surface area contributed by atoms with Crippen LogP contribution in [0.3, 0.4) is 0 Å². The van der Waals surface area contributed by atoms with Crippen LogP contribution in [0, 0.1) is 5.92 Å². The van der Waals surface area contributed by atoms with Crippen LogP contribution in [0.1, 0.15) is 32.6 Å². The van der Waals surface area contributed by atoms with Gasteiger partial charge in [0.25, 0.3) is 0 Å². The molecule has 1 heterocycles. The first-order valence-corrected chi connectivity index (χ1v) is 6.21. The van der Waals surface area contributed by atoms with Crippen molar-refractivity contribution in [2.75, 3.05) is 19.7 Å². The van der Waals surface area contributed by atoms with E-state index in [0.717, 1.165) is 32.4 Å². The minimum Gasteiger partial charge on any atom is -0.396 e. The molecule has 0 aromatic rings. The number of rotatable bonds is 6. The average molecular weight is 230 g/mol. The van der Waals surface area contributed by atoms with E-state index in [1.54, 1.807) is 0 Å². The fraction of sp³-hybridized carbons (Fsp3) is 0.909. The van der Waals surface area contributed by atoms with E-state index in [1.165, 1.54) is 6.42 Å². The zero-order valence-corrected chi connectivity index (χ0v) is 10.3. The third-order valence-electron chi connectivity index (χ3n) is 3.28. The summed E-state index contributed by atoms with van der Waals surface area (Å²) in [7, 11) is 0. The molecule has 0 bridgehead atoms. The molecule has 15 heavy (non-hydrogen) atoms. The van der Waals surface area contributed by atoms with Crippen LogP contribution in [0.2, 0.25) is 0 Å². The van der Waals surface area contributed by atoms with Gasteiger partial charge in [0.1, 0.15) is 0 Å². The molecule has 1 fully saturated rings. The highest BCUT2D eigenvalue weighted by Crippen LogP contribution is 2.23. The smallest absolute Gasteiger partial charge is 0.0743 e. The molecule has 88 valence electrons. The summed E-state index contributed by atoms with van der Waals surface area (Å²) in [5.41, 5.74) is 5.59. The Bertz CT molecular complexity index is 211. The van der Waals surface area contributed by atoms with Gasteiger partial charge in [-0.15, -0.1) is 0 Å². The van der Waals surface area contributed by atoms with Gasteiger partial charge in [-0.1, -0.05) is 19.1 Å². The first-order valence-electron chi connectivity index (χ1n) is 5.80. The number of aliphatic hydroxyl groups is 1. The molecule has 0 aromatic carbocycles. The quantitative estimate of drug-likeness (QED) is 0.672. The molecule has 2 unspecified atom stereocenters. The highest BCUT2D eigenvalue weighted by molar-refractivity contribution is 7.80. The SMILES string of the molecule is CCC(CC(N)=S)N1CCC(CCO)C1. The summed E-state index contributed by atoms with van der Waals surface area (Å²) in [6.45, 7) is 4.72. The molecule has 0 amide bonds. The number of hydrogen-bond donors (Lipinski definition) is 2. The number of nitrogens with two attached hydrogens (primary N) is 1. The van der Waals surface area contributed by atoms with Gasteiger partial charge in [-0.25, -0.2) is 0 Å². The maximum absolute atomic E-state index is 8.89. The van der Waals surface area contributed by atoms with E-state index in [2.05, 4.69) is 11.8 Å². The van der Waals surface area contributed by atoms with Gasteiger partial charge in [-0.3, -0.25) is 4.90 Å². The molecular formula is C11H22N2OS. The predicted molar refractivity (Wildman–Crippen MR) is 66.9 cm³/mol. The molecule has 1 aliphatic heterocycles. The van der Waals surface area contributed by atoms with Crippen molar-refractivity contribution in [1.82, 2.24) is 4.90 Å². The third-order valence-corrected chi connectivity index (χ3v) is 3.45. The van der Waals surface area contributed by atoms with Gasteiger partial charge in [0.05, 0.1) is 4.99 Å². The lowest BCUT2D eigenvalue weighted by Crippen LogP contribution is -2.36. The Morgan fingerprint density at radius 3 is 2.93 bits per heavy atom. The van der Waals surface area contributed by atoms with Crippen molar-refractivity contribution in [2.45, 2.75) is 38.6 Å². The second-order valence-corrected chi connectivity index (χ2v) is 4.92. The summed E-state index contributed by atoms with van der Waals surface area (Å²) in [6, 6.07) is 0.506. The van der Waals surface area contributed by atoms with Gasteiger partial charge in [-0.2, -0.15) is 0 Å². The Hall–Kier alpha value is -0.190. The molecule has 2 atom stereocenters. The Morgan fingerprint density at radius 2 is 2.40 bits per heavy atom. The Morgan fingerprint density at radius 1 is 1.67 bits per heavy atom. The maximum atomic E-state index is 8.89. The number of likely N-dealkylation sites (tertiary alicyclic amines) is 1. The van der Waals surface area contributed by atoms with Crippen molar-refractivity contribution < 1.29 is 5.11 Å². The summed E-state index contributed by atoms with van der Waals surface area (Å²) in [5.74, 6) is 0.662. The van der Waals surface area contributed by atoms with Gasteiger partial charge in [0, 0.05) is 25.6 Å². The highest BCUT2D eigenvalue weighted by atomic mass is 32.1. The lowest BCUT2D eigenvalue weighted by molar-refractivity contribution is 0.217. The van der Waals surface area contributed by atoms with Crippen molar-refractivity contribution in [3.8, 4) is 0 Å². The Kier molecular flexibility index (Phi) is 5.50. The fourth-order valence-corrected chi connectivity index (χ4v) is 2.57. The summed E-state index contributed by atoms with van der Waals surface area (Å²) >= 11 is 4.97. The van der Waals surface area contributed by atoms with Crippen LogP contribution >= 0.6 is 12.2 Å². The van der Waals surface area contributed by atoms with Crippen LogP contribution in [0.5, 0.6) is 0 Å². The molecule has 1 rings (SSSR count). The summed E-state index contributed by atoms with van der Waals surface area (Å²) in [5, 5.41) is 8.89. The van der Waals surface area contributed by atoms with E-state index in [4.69, 9.17) is 23.1 Å². The second kappa shape index (κ2) is 6.40. The lowest BCUT2D eigenvalue weighted by Gasteiger charge is -2.26. The van der Waals surface area contributed by atoms with Gasteiger partial charge in [0.15, 0.2) is 0 Å². The second-order valence-electron chi connectivity index (χ2n) is 4.39. The lowest BCUT2D eigenvalue weighted by atomic mass is 10.1. The molecule has 3 nitrogen and oxygen atoms in total. The fourth-order valence-electron chi connectivity index (χ4n) is 2.38. The number of nitrogens with zero attached hydrogens (tertiary/aromatic N) is 1. The molecule has 0 radical (unpaired) electrons. The van der Waals surface area contributed by atoms with E-state index >= 15 is 0 Å². The monoisotopic (exact) mass is 230 g/mol. The third kappa shape index (κ3) is 4.05. The summed E-state index contributed by atoms with van der Waals surface area (Å²) in [4.78, 5) is 3.09. The molecule has 0 aliphatic carbocycles.